The van der Waals surface area contributed by atoms with Crippen LogP contribution in [0.25, 0.3) is 11.3 Å². The number of ether oxygens (including phenoxy) is 1. The molecule has 0 aliphatic rings. The first-order chi connectivity index (χ1) is 12.0. The predicted molar refractivity (Wildman–Crippen MR) is 90.8 cm³/mol. The van der Waals surface area contributed by atoms with E-state index in [0.717, 1.165) is 3.97 Å². The fourth-order valence-corrected chi connectivity index (χ4v) is 3.83. The monoisotopic (exact) mass is 359 g/mol. The summed E-state index contributed by atoms with van der Waals surface area (Å²) in [4.78, 5) is 11.1. The quantitative estimate of drug-likeness (QED) is 0.655. The van der Waals surface area contributed by atoms with Crippen molar-refractivity contribution in [1.29, 1.82) is 0 Å². The van der Waals surface area contributed by atoms with Crippen LogP contribution in [0.3, 0.4) is 0 Å². The molecule has 0 spiro atoms. The van der Waals surface area contributed by atoms with Crippen LogP contribution in [0.4, 0.5) is 4.39 Å². The molecule has 0 radical (unpaired) electrons. The van der Waals surface area contributed by atoms with Gasteiger partial charge in [-0.05, 0) is 42.5 Å². The van der Waals surface area contributed by atoms with Crippen LogP contribution in [0.1, 0.15) is 10.4 Å². The van der Waals surface area contributed by atoms with Crippen molar-refractivity contribution < 1.29 is 22.3 Å². The Labute approximate surface area is 144 Å². The molecule has 0 aliphatic carbocycles. The SMILES string of the molecule is COc1ccc(S(=O)(=O)n2cc(C=O)cc2-c2cccc(F)c2)cc1. The van der Waals surface area contributed by atoms with E-state index < -0.39 is 15.8 Å². The highest BCUT2D eigenvalue weighted by Crippen LogP contribution is 2.28. The minimum atomic E-state index is -3.97. The topological polar surface area (TPSA) is 65.4 Å². The van der Waals surface area contributed by atoms with Crippen LogP contribution in [-0.2, 0) is 10.0 Å². The molecule has 0 saturated heterocycles. The molecule has 0 bridgehead atoms. The second kappa shape index (κ2) is 6.52. The zero-order valence-corrected chi connectivity index (χ0v) is 14.0. The van der Waals surface area contributed by atoms with Gasteiger partial charge in [0, 0.05) is 17.3 Å². The summed E-state index contributed by atoms with van der Waals surface area (Å²) in [6.45, 7) is 0. The third kappa shape index (κ3) is 3.18. The lowest BCUT2D eigenvalue weighted by atomic mass is 10.1. The van der Waals surface area contributed by atoms with E-state index in [1.165, 1.54) is 61.8 Å². The number of halogens is 1. The van der Waals surface area contributed by atoms with Gasteiger partial charge in [0.05, 0.1) is 17.7 Å². The Bertz CT molecular complexity index is 1020. The molecule has 0 aliphatic heterocycles. The molecule has 25 heavy (non-hydrogen) atoms. The van der Waals surface area contributed by atoms with Crippen molar-refractivity contribution in [2.75, 3.05) is 7.11 Å². The van der Waals surface area contributed by atoms with Crippen LogP contribution in [0.2, 0.25) is 0 Å². The first-order valence-corrected chi connectivity index (χ1v) is 8.73. The predicted octanol–water partition coefficient (Wildman–Crippen LogP) is 3.35. The van der Waals surface area contributed by atoms with Gasteiger partial charge >= 0.3 is 0 Å². The number of aldehydes is 1. The molecule has 0 atom stereocenters. The van der Waals surface area contributed by atoms with Gasteiger partial charge in [-0.25, -0.2) is 16.8 Å². The number of methoxy groups -OCH3 is 1. The van der Waals surface area contributed by atoms with Crippen molar-refractivity contribution in [3.63, 3.8) is 0 Å². The maximum atomic E-state index is 13.5. The number of benzene rings is 2. The summed E-state index contributed by atoms with van der Waals surface area (Å²) in [5.41, 5.74) is 0.735. The molecule has 3 aromatic rings. The Morgan fingerprint density at radius 3 is 2.40 bits per heavy atom. The van der Waals surface area contributed by atoms with E-state index in [9.17, 15) is 17.6 Å². The Balaban J connectivity index is 2.18. The molecule has 1 heterocycles. The lowest BCUT2D eigenvalue weighted by Gasteiger charge is -2.11. The summed E-state index contributed by atoms with van der Waals surface area (Å²) in [5.74, 6) is 0.0186. The fraction of sp³-hybridized carbons (Fsp3) is 0.0556. The summed E-state index contributed by atoms with van der Waals surface area (Å²) in [7, 11) is -2.49. The van der Waals surface area contributed by atoms with Crippen molar-refractivity contribution in [2.45, 2.75) is 4.90 Å². The van der Waals surface area contributed by atoms with Crippen LogP contribution in [-0.4, -0.2) is 25.8 Å². The van der Waals surface area contributed by atoms with Gasteiger partial charge in [-0.2, -0.15) is 0 Å². The van der Waals surface area contributed by atoms with Gasteiger partial charge in [-0.3, -0.25) is 4.79 Å². The van der Waals surface area contributed by atoms with Crippen molar-refractivity contribution in [3.05, 3.63) is 72.2 Å². The minimum Gasteiger partial charge on any atom is -0.497 e. The van der Waals surface area contributed by atoms with Crippen molar-refractivity contribution in [3.8, 4) is 17.0 Å². The number of carbonyl (C=O) groups is 1. The van der Waals surface area contributed by atoms with Gasteiger partial charge in [0.15, 0.2) is 6.29 Å². The first kappa shape index (κ1) is 16.9. The zero-order chi connectivity index (χ0) is 18.0. The molecule has 7 heteroatoms. The summed E-state index contributed by atoms with van der Waals surface area (Å²) in [6.07, 6.45) is 1.76. The molecule has 0 unspecified atom stereocenters. The largest absolute Gasteiger partial charge is 0.497 e. The van der Waals surface area contributed by atoms with E-state index in [2.05, 4.69) is 0 Å². The minimum absolute atomic E-state index is 0.0269. The van der Waals surface area contributed by atoms with Gasteiger partial charge in [0.25, 0.3) is 10.0 Å². The number of nitrogens with zero attached hydrogens (tertiary/aromatic N) is 1. The van der Waals surface area contributed by atoms with E-state index in [-0.39, 0.29) is 16.2 Å². The standard InChI is InChI=1S/C18H14FNO4S/c1-24-16-5-7-17(8-6-16)25(22,23)20-11-13(12-21)9-18(20)14-3-2-4-15(19)10-14/h2-12H,1H3. The molecule has 5 nitrogen and oxygen atoms in total. The Hall–Kier alpha value is -2.93. The highest BCUT2D eigenvalue weighted by atomic mass is 32.2. The molecular weight excluding hydrogens is 345 g/mol. The van der Waals surface area contributed by atoms with Crippen molar-refractivity contribution >= 4 is 16.3 Å². The van der Waals surface area contributed by atoms with E-state index >= 15 is 0 Å². The molecule has 0 amide bonds. The van der Waals surface area contributed by atoms with E-state index in [1.807, 2.05) is 0 Å². The van der Waals surface area contributed by atoms with Crippen LogP contribution in [0, 0.1) is 5.82 Å². The fourth-order valence-electron chi connectivity index (χ4n) is 2.45. The lowest BCUT2D eigenvalue weighted by Crippen LogP contribution is -2.13. The number of rotatable bonds is 5. The molecule has 128 valence electrons. The van der Waals surface area contributed by atoms with Crippen LogP contribution in [0.15, 0.2) is 65.7 Å². The van der Waals surface area contributed by atoms with Crippen LogP contribution < -0.4 is 4.74 Å². The Morgan fingerprint density at radius 2 is 1.80 bits per heavy atom. The van der Waals surface area contributed by atoms with E-state index in [1.54, 1.807) is 6.07 Å². The number of hydrogen-bond acceptors (Lipinski definition) is 4. The summed E-state index contributed by atoms with van der Waals surface area (Å²) in [6, 6.07) is 12.8. The average molecular weight is 359 g/mol. The maximum Gasteiger partial charge on any atom is 0.268 e. The molecular formula is C18H14FNO4S. The first-order valence-electron chi connectivity index (χ1n) is 7.29. The second-order valence-electron chi connectivity index (χ2n) is 5.26. The van der Waals surface area contributed by atoms with Gasteiger partial charge < -0.3 is 4.74 Å². The smallest absolute Gasteiger partial charge is 0.268 e. The maximum absolute atomic E-state index is 13.5. The normalized spacial score (nSPS) is 11.3. The van der Waals surface area contributed by atoms with Crippen LogP contribution in [0.5, 0.6) is 5.75 Å². The van der Waals surface area contributed by atoms with E-state index in [0.29, 0.717) is 17.6 Å². The van der Waals surface area contributed by atoms with Gasteiger partial charge in [0.2, 0.25) is 0 Å². The highest BCUT2D eigenvalue weighted by molar-refractivity contribution is 7.90. The summed E-state index contributed by atoms with van der Waals surface area (Å²) < 4.78 is 45.4. The van der Waals surface area contributed by atoms with Crippen molar-refractivity contribution in [2.24, 2.45) is 0 Å². The van der Waals surface area contributed by atoms with Gasteiger partial charge in [-0.15, -0.1) is 0 Å². The number of aromatic nitrogens is 1. The number of carbonyl (C=O) groups excluding carboxylic acids is 1. The molecule has 2 aromatic carbocycles. The van der Waals surface area contributed by atoms with E-state index in [4.69, 9.17) is 4.74 Å². The third-order valence-electron chi connectivity index (χ3n) is 3.68. The van der Waals surface area contributed by atoms with Gasteiger partial charge in [-0.1, -0.05) is 12.1 Å². The number of hydrogen-bond donors (Lipinski definition) is 0. The molecule has 0 N–H and O–H groups in total. The van der Waals surface area contributed by atoms with Gasteiger partial charge in [0.1, 0.15) is 11.6 Å². The average Bonchev–Trinajstić information content (AvgIpc) is 3.07. The second-order valence-corrected chi connectivity index (χ2v) is 7.08. The Kier molecular flexibility index (Phi) is 4.41. The molecule has 0 saturated carbocycles. The zero-order valence-electron chi connectivity index (χ0n) is 13.2. The summed E-state index contributed by atoms with van der Waals surface area (Å²) in [5, 5.41) is 0. The molecule has 3 rings (SSSR count). The molecule has 0 fully saturated rings. The van der Waals surface area contributed by atoms with Crippen molar-refractivity contribution in [1.82, 2.24) is 3.97 Å². The summed E-state index contributed by atoms with van der Waals surface area (Å²) >= 11 is 0. The molecule has 1 aromatic heterocycles. The lowest BCUT2D eigenvalue weighted by molar-refractivity contribution is 0.112. The third-order valence-corrected chi connectivity index (χ3v) is 5.37. The highest BCUT2D eigenvalue weighted by Gasteiger charge is 2.22. The van der Waals surface area contributed by atoms with Crippen LogP contribution >= 0.6 is 0 Å². The Morgan fingerprint density at radius 1 is 1.08 bits per heavy atom.